The second-order valence-electron chi connectivity index (χ2n) is 4.47. The maximum Gasteiger partial charge on any atom is 0.236 e. The van der Waals surface area contributed by atoms with Gasteiger partial charge < -0.3 is 10.1 Å². The van der Waals surface area contributed by atoms with Crippen molar-refractivity contribution < 1.29 is 23.9 Å². The smallest absolute Gasteiger partial charge is 0.236 e. The van der Waals surface area contributed by atoms with Crippen LogP contribution < -0.4 is 16.6 Å². The largest absolute Gasteiger partial charge is 0.379 e. The molecule has 4 N–H and O–H groups in total. The molecule has 0 unspecified atom stereocenters. The molecule has 0 bridgehead atoms. The summed E-state index contributed by atoms with van der Waals surface area (Å²) in [6, 6.07) is 0. The van der Waals surface area contributed by atoms with Crippen LogP contribution in [0, 0.1) is 0 Å². The Morgan fingerprint density at radius 2 is 1.76 bits per heavy atom. The average Bonchev–Trinajstić information content (AvgIpc) is 2.79. The Labute approximate surface area is 122 Å². The summed E-state index contributed by atoms with van der Waals surface area (Å²) in [4.78, 5) is 46.0. The second-order valence-corrected chi connectivity index (χ2v) is 4.47. The quantitative estimate of drug-likeness (QED) is 0.149. The van der Waals surface area contributed by atoms with Crippen LogP contribution in [0.15, 0.2) is 0 Å². The molecule has 1 rings (SSSR count). The van der Waals surface area contributed by atoms with Crippen molar-refractivity contribution in [2.75, 3.05) is 26.3 Å². The van der Waals surface area contributed by atoms with Crippen molar-refractivity contribution in [3.8, 4) is 0 Å². The number of hydrazine groups is 1. The SMILES string of the molecule is NNC(=O)CCOCCNC(=O)CCN1C(=O)CCC1=O. The van der Waals surface area contributed by atoms with E-state index in [9.17, 15) is 19.2 Å². The van der Waals surface area contributed by atoms with Crippen LogP contribution in [0.2, 0.25) is 0 Å². The van der Waals surface area contributed by atoms with Gasteiger partial charge in [0, 0.05) is 32.4 Å². The Kier molecular flexibility index (Phi) is 7.33. The average molecular weight is 300 g/mol. The molecule has 0 aliphatic carbocycles. The lowest BCUT2D eigenvalue weighted by atomic mass is 10.3. The lowest BCUT2D eigenvalue weighted by Crippen LogP contribution is -2.35. The van der Waals surface area contributed by atoms with E-state index < -0.39 is 0 Å². The number of ether oxygens (including phenoxy) is 1. The maximum atomic E-state index is 11.5. The molecule has 0 atom stereocenters. The third kappa shape index (κ3) is 6.32. The molecule has 118 valence electrons. The van der Waals surface area contributed by atoms with Crippen LogP contribution in [0.25, 0.3) is 0 Å². The van der Waals surface area contributed by atoms with Gasteiger partial charge in [-0.3, -0.25) is 29.5 Å². The Bertz CT molecular complexity index is 396. The molecule has 1 aliphatic heterocycles. The Morgan fingerprint density at radius 1 is 1.10 bits per heavy atom. The highest BCUT2D eigenvalue weighted by atomic mass is 16.5. The van der Waals surface area contributed by atoms with Crippen LogP contribution in [-0.4, -0.2) is 54.8 Å². The molecule has 1 fully saturated rings. The van der Waals surface area contributed by atoms with Gasteiger partial charge in [-0.2, -0.15) is 0 Å². The van der Waals surface area contributed by atoms with Gasteiger partial charge >= 0.3 is 0 Å². The number of amides is 4. The van der Waals surface area contributed by atoms with E-state index in [-0.39, 0.29) is 69.1 Å². The molecule has 0 aromatic carbocycles. The molecule has 0 spiro atoms. The zero-order chi connectivity index (χ0) is 15.7. The number of nitrogens with one attached hydrogen (secondary N) is 2. The summed E-state index contributed by atoms with van der Waals surface area (Å²) in [5.74, 6) is 3.86. The number of rotatable bonds is 9. The summed E-state index contributed by atoms with van der Waals surface area (Å²) in [5.41, 5.74) is 1.98. The lowest BCUT2D eigenvalue weighted by molar-refractivity contribution is -0.138. The number of hydrogen-bond donors (Lipinski definition) is 3. The van der Waals surface area contributed by atoms with Crippen LogP contribution in [0.5, 0.6) is 0 Å². The van der Waals surface area contributed by atoms with Gasteiger partial charge in [-0.25, -0.2) is 5.84 Å². The van der Waals surface area contributed by atoms with Crippen LogP contribution in [0.3, 0.4) is 0 Å². The van der Waals surface area contributed by atoms with Crippen LogP contribution in [-0.2, 0) is 23.9 Å². The topological polar surface area (TPSA) is 131 Å². The molecular formula is C12H20N4O5. The van der Waals surface area contributed by atoms with Crippen molar-refractivity contribution in [2.45, 2.75) is 25.7 Å². The fourth-order valence-electron chi connectivity index (χ4n) is 1.78. The van der Waals surface area contributed by atoms with E-state index in [2.05, 4.69) is 5.32 Å². The van der Waals surface area contributed by atoms with Gasteiger partial charge in [0.2, 0.25) is 23.6 Å². The van der Waals surface area contributed by atoms with E-state index in [4.69, 9.17) is 10.6 Å². The highest BCUT2D eigenvalue weighted by Crippen LogP contribution is 2.11. The second kappa shape index (κ2) is 9.03. The predicted octanol–water partition coefficient (Wildman–Crippen LogP) is -1.96. The summed E-state index contributed by atoms with van der Waals surface area (Å²) >= 11 is 0. The molecule has 0 radical (unpaired) electrons. The summed E-state index contributed by atoms with van der Waals surface area (Å²) in [6.07, 6.45) is 0.687. The van der Waals surface area contributed by atoms with Crippen molar-refractivity contribution in [3.63, 3.8) is 0 Å². The monoisotopic (exact) mass is 300 g/mol. The fraction of sp³-hybridized carbons (Fsp3) is 0.667. The summed E-state index contributed by atoms with van der Waals surface area (Å²) in [7, 11) is 0. The van der Waals surface area contributed by atoms with Crippen molar-refractivity contribution in [1.29, 1.82) is 0 Å². The van der Waals surface area contributed by atoms with Crippen molar-refractivity contribution in [1.82, 2.24) is 15.6 Å². The molecule has 4 amide bonds. The van der Waals surface area contributed by atoms with Crippen LogP contribution >= 0.6 is 0 Å². The van der Waals surface area contributed by atoms with Crippen molar-refractivity contribution in [2.24, 2.45) is 5.84 Å². The minimum absolute atomic E-state index is 0.0764. The predicted molar refractivity (Wildman–Crippen MR) is 71.3 cm³/mol. The molecule has 21 heavy (non-hydrogen) atoms. The molecule has 0 aromatic heterocycles. The molecule has 1 heterocycles. The molecule has 9 nitrogen and oxygen atoms in total. The van der Waals surface area contributed by atoms with E-state index in [1.54, 1.807) is 0 Å². The zero-order valence-corrected chi connectivity index (χ0v) is 11.7. The van der Waals surface area contributed by atoms with E-state index in [1.165, 1.54) is 0 Å². The minimum atomic E-state index is -0.320. The number of likely N-dealkylation sites (tertiary alicyclic amines) is 1. The van der Waals surface area contributed by atoms with E-state index in [1.807, 2.05) is 5.43 Å². The molecule has 9 heteroatoms. The van der Waals surface area contributed by atoms with Gasteiger partial charge in [0.05, 0.1) is 19.6 Å². The standard InChI is InChI=1S/C12H20N4O5/c13-15-10(18)4-7-21-8-5-14-9(17)3-6-16-11(19)1-2-12(16)20/h1-8,13H2,(H,14,17)(H,15,18). The summed E-state index contributed by atoms with van der Waals surface area (Å²) in [6.45, 7) is 0.896. The highest BCUT2D eigenvalue weighted by molar-refractivity contribution is 6.02. The number of imide groups is 1. The first-order chi connectivity index (χ1) is 10.0. The third-order valence-electron chi connectivity index (χ3n) is 2.92. The molecular weight excluding hydrogens is 280 g/mol. The molecule has 1 aliphatic rings. The third-order valence-corrected chi connectivity index (χ3v) is 2.92. The van der Waals surface area contributed by atoms with Crippen LogP contribution in [0.4, 0.5) is 0 Å². The summed E-state index contributed by atoms with van der Waals surface area (Å²) in [5, 5.41) is 2.60. The number of carbonyl (C=O) groups is 4. The van der Waals surface area contributed by atoms with E-state index in [0.717, 1.165) is 4.90 Å². The van der Waals surface area contributed by atoms with Gasteiger partial charge in [0.25, 0.3) is 0 Å². The molecule has 0 aromatic rings. The fourth-order valence-corrected chi connectivity index (χ4v) is 1.78. The first-order valence-corrected chi connectivity index (χ1v) is 6.71. The lowest BCUT2D eigenvalue weighted by Gasteiger charge is -2.13. The van der Waals surface area contributed by atoms with Gasteiger partial charge in [-0.05, 0) is 0 Å². The summed E-state index contributed by atoms with van der Waals surface area (Å²) < 4.78 is 5.12. The van der Waals surface area contributed by atoms with Gasteiger partial charge in [-0.15, -0.1) is 0 Å². The van der Waals surface area contributed by atoms with Gasteiger partial charge in [-0.1, -0.05) is 0 Å². The number of nitrogens with two attached hydrogens (primary N) is 1. The van der Waals surface area contributed by atoms with Crippen LogP contribution in [0.1, 0.15) is 25.7 Å². The Morgan fingerprint density at radius 3 is 2.38 bits per heavy atom. The Hall–Kier alpha value is -2.00. The Balaban J connectivity index is 2.03. The first-order valence-electron chi connectivity index (χ1n) is 6.71. The van der Waals surface area contributed by atoms with Crippen molar-refractivity contribution in [3.05, 3.63) is 0 Å². The van der Waals surface area contributed by atoms with E-state index >= 15 is 0 Å². The van der Waals surface area contributed by atoms with Crippen molar-refractivity contribution >= 4 is 23.6 Å². The number of carbonyl (C=O) groups excluding carboxylic acids is 4. The molecule has 0 saturated carbocycles. The number of hydrogen-bond acceptors (Lipinski definition) is 6. The molecule has 1 saturated heterocycles. The van der Waals surface area contributed by atoms with Gasteiger partial charge in [0.15, 0.2) is 0 Å². The number of nitrogens with zero attached hydrogens (tertiary/aromatic N) is 1. The van der Waals surface area contributed by atoms with E-state index in [0.29, 0.717) is 6.54 Å². The highest BCUT2D eigenvalue weighted by Gasteiger charge is 2.28. The first kappa shape index (κ1) is 17.1. The minimum Gasteiger partial charge on any atom is -0.379 e. The van der Waals surface area contributed by atoms with Gasteiger partial charge in [0.1, 0.15) is 0 Å². The zero-order valence-electron chi connectivity index (χ0n) is 11.7. The maximum absolute atomic E-state index is 11.5. The normalized spacial score (nSPS) is 14.4.